The van der Waals surface area contributed by atoms with E-state index in [1.807, 2.05) is 0 Å². The van der Waals surface area contributed by atoms with Gasteiger partial charge in [0.25, 0.3) is 0 Å². The average molecular weight is 309 g/mol. The lowest BCUT2D eigenvalue weighted by Gasteiger charge is -2.08. The lowest BCUT2D eigenvalue weighted by Crippen LogP contribution is -2.07. The van der Waals surface area contributed by atoms with Crippen molar-refractivity contribution in [3.05, 3.63) is 23.5 Å². The van der Waals surface area contributed by atoms with Crippen LogP contribution in [0.15, 0.2) is 22.2 Å². The highest BCUT2D eigenvalue weighted by molar-refractivity contribution is 7.99. The summed E-state index contributed by atoms with van der Waals surface area (Å²) in [7, 11) is 1.24. The van der Waals surface area contributed by atoms with Crippen LogP contribution in [-0.4, -0.2) is 33.3 Å². The molecule has 7 nitrogen and oxygen atoms in total. The maximum absolute atomic E-state index is 14.0. The largest absolute Gasteiger partial charge is 0.465 e. The van der Waals surface area contributed by atoms with E-state index >= 15 is 0 Å². The number of benzene rings is 1. The molecule has 1 aliphatic carbocycles. The Hall–Kier alpha value is -2.16. The summed E-state index contributed by atoms with van der Waals surface area (Å²) < 4.78 is 20.3. The summed E-state index contributed by atoms with van der Waals surface area (Å²) >= 11 is 1.06. The van der Waals surface area contributed by atoms with E-state index < -0.39 is 11.8 Å². The van der Waals surface area contributed by atoms with E-state index in [1.165, 1.54) is 13.2 Å². The molecule has 0 saturated heterocycles. The number of tetrazole rings is 1. The van der Waals surface area contributed by atoms with Crippen LogP contribution in [0.25, 0.3) is 0 Å². The van der Waals surface area contributed by atoms with Gasteiger partial charge in [0.1, 0.15) is 5.82 Å². The summed E-state index contributed by atoms with van der Waals surface area (Å²) in [6, 6.07) is 2.73. The maximum Gasteiger partial charge on any atom is 0.339 e. The number of anilines is 1. The summed E-state index contributed by atoms with van der Waals surface area (Å²) in [4.78, 5) is 11.8. The molecule has 0 bridgehead atoms. The number of nitrogens with zero attached hydrogens (tertiary/aromatic N) is 4. The van der Waals surface area contributed by atoms with Crippen LogP contribution in [0, 0.1) is 5.82 Å². The fraction of sp³-hybridized carbons (Fsp3) is 0.333. The van der Waals surface area contributed by atoms with Crippen molar-refractivity contribution >= 4 is 23.4 Å². The molecule has 2 N–H and O–H groups in total. The number of nitrogen functional groups attached to an aromatic ring is 1. The second kappa shape index (κ2) is 5.32. The second-order valence-corrected chi connectivity index (χ2v) is 5.61. The number of methoxy groups -OCH3 is 1. The Morgan fingerprint density at radius 1 is 1.52 bits per heavy atom. The Balaban J connectivity index is 1.94. The van der Waals surface area contributed by atoms with Crippen LogP contribution in [0.4, 0.5) is 10.1 Å². The van der Waals surface area contributed by atoms with Crippen molar-refractivity contribution in [3.63, 3.8) is 0 Å². The first-order valence-electron chi connectivity index (χ1n) is 6.23. The van der Waals surface area contributed by atoms with Crippen molar-refractivity contribution in [2.75, 3.05) is 12.8 Å². The van der Waals surface area contributed by atoms with Gasteiger partial charge in [0.15, 0.2) is 0 Å². The highest BCUT2D eigenvalue weighted by Gasteiger charge is 2.28. The molecule has 1 saturated carbocycles. The standard InChI is InChI=1S/C12H12FN5O2S/c1-20-11(19)7-4-10(8(13)5-9(7)14)21-12-15-16-17-18(12)6-2-3-6/h4-6H,2-3,14H2,1H3. The molecule has 1 aromatic heterocycles. The Kier molecular flexibility index (Phi) is 3.50. The molecule has 0 atom stereocenters. The Morgan fingerprint density at radius 3 is 2.95 bits per heavy atom. The number of nitrogens with two attached hydrogens (primary N) is 1. The molecular weight excluding hydrogens is 297 g/mol. The molecule has 1 aliphatic rings. The maximum atomic E-state index is 14.0. The van der Waals surface area contributed by atoms with E-state index in [0.29, 0.717) is 5.16 Å². The first-order chi connectivity index (χ1) is 10.1. The highest BCUT2D eigenvalue weighted by Crippen LogP contribution is 2.39. The van der Waals surface area contributed by atoms with Gasteiger partial charge in [-0.2, -0.15) is 0 Å². The molecule has 3 rings (SSSR count). The predicted molar refractivity (Wildman–Crippen MR) is 72.4 cm³/mol. The summed E-state index contributed by atoms with van der Waals surface area (Å²) in [6.45, 7) is 0. The molecule has 0 aliphatic heterocycles. The van der Waals surface area contributed by atoms with E-state index in [9.17, 15) is 9.18 Å². The molecule has 1 heterocycles. The number of rotatable bonds is 4. The molecule has 0 unspecified atom stereocenters. The van der Waals surface area contributed by atoms with Crippen LogP contribution in [0.1, 0.15) is 29.2 Å². The lowest BCUT2D eigenvalue weighted by atomic mass is 10.2. The Morgan fingerprint density at radius 2 is 2.29 bits per heavy atom. The quantitative estimate of drug-likeness (QED) is 0.677. The van der Waals surface area contributed by atoms with E-state index in [4.69, 9.17) is 5.73 Å². The van der Waals surface area contributed by atoms with Gasteiger partial charge in [-0.1, -0.05) is 0 Å². The van der Waals surface area contributed by atoms with Crippen LogP contribution in [0.2, 0.25) is 0 Å². The number of carbonyl (C=O) groups is 1. The normalized spacial score (nSPS) is 14.2. The van der Waals surface area contributed by atoms with Crippen molar-refractivity contribution in [1.29, 1.82) is 0 Å². The van der Waals surface area contributed by atoms with Crippen molar-refractivity contribution in [3.8, 4) is 0 Å². The van der Waals surface area contributed by atoms with Gasteiger partial charge < -0.3 is 10.5 Å². The SMILES string of the molecule is COC(=O)c1cc(Sc2nnnn2C2CC2)c(F)cc1N. The third-order valence-corrected chi connectivity index (χ3v) is 4.05. The number of hydrogen-bond donors (Lipinski definition) is 1. The van der Waals surface area contributed by atoms with Crippen molar-refractivity contribution in [2.24, 2.45) is 0 Å². The minimum Gasteiger partial charge on any atom is -0.465 e. The van der Waals surface area contributed by atoms with Gasteiger partial charge in [0.05, 0.1) is 23.6 Å². The molecule has 1 fully saturated rings. The topological polar surface area (TPSA) is 95.9 Å². The molecule has 9 heteroatoms. The third-order valence-electron chi connectivity index (χ3n) is 3.07. The summed E-state index contributed by atoms with van der Waals surface area (Å²) in [5.74, 6) is -1.15. The van der Waals surface area contributed by atoms with Gasteiger partial charge >= 0.3 is 5.97 Å². The number of halogens is 1. The molecule has 1 aromatic carbocycles. The predicted octanol–water partition coefficient (Wildman–Crippen LogP) is 1.67. The van der Waals surface area contributed by atoms with E-state index in [-0.39, 0.29) is 22.2 Å². The van der Waals surface area contributed by atoms with Crippen LogP contribution < -0.4 is 5.73 Å². The average Bonchev–Trinajstić information content (AvgIpc) is 3.21. The summed E-state index contributed by atoms with van der Waals surface area (Å²) in [6.07, 6.45) is 2.02. The van der Waals surface area contributed by atoms with Gasteiger partial charge in [-0.15, -0.1) is 5.10 Å². The van der Waals surface area contributed by atoms with Crippen molar-refractivity contribution in [1.82, 2.24) is 20.2 Å². The number of hydrogen-bond acceptors (Lipinski definition) is 7. The summed E-state index contributed by atoms with van der Waals surface area (Å²) in [5, 5.41) is 11.9. The Bertz CT molecular complexity index is 701. The molecule has 110 valence electrons. The molecule has 0 radical (unpaired) electrons. The van der Waals surface area contributed by atoms with E-state index in [0.717, 1.165) is 30.7 Å². The fourth-order valence-electron chi connectivity index (χ4n) is 1.83. The first-order valence-corrected chi connectivity index (χ1v) is 7.05. The zero-order valence-corrected chi connectivity index (χ0v) is 11.9. The number of esters is 1. The fourth-order valence-corrected chi connectivity index (χ4v) is 2.72. The minimum atomic E-state index is -0.615. The molecule has 0 spiro atoms. The summed E-state index contributed by atoms with van der Waals surface area (Å²) in [5.41, 5.74) is 5.78. The van der Waals surface area contributed by atoms with E-state index in [1.54, 1.807) is 4.68 Å². The van der Waals surface area contributed by atoms with Crippen LogP contribution in [0.3, 0.4) is 0 Å². The third kappa shape index (κ3) is 2.68. The van der Waals surface area contributed by atoms with Gasteiger partial charge in [-0.05, 0) is 47.2 Å². The van der Waals surface area contributed by atoms with Crippen LogP contribution in [0.5, 0.6) is 0 Å². The number of aromatic nitrogens is 4. The lowest BCUT2D eigenvalue weighted by molar-refractivity contribution is 0.0601. The van der Waals surface area contributed by atoms with Gasteiger partial charge in [-0.3, -0.25) is 0 Å². The second-order valence-electron chi connectivity index (χ2n) is 4.60. The van der Waals surface area contributed by atoms with E-state index in [2.05, 4.69) is 20.3 Å². The van der Waals surface area contributed by atoms with Crippen molar-refractivity contribution < 1.29 is 13.9 Å². The number of carbonyl (C=O) groups excluding carboxylic acids is 1. The zero-order valence-electron chi connectivity index (χ0n) is 11.1. The number of ether oxygens (including phenoxy) is 1. The Labute approximate surface area is 123 Å². The van der Waals surface area contributed by atoms with Gasteiger partial charge in [0.2, 0.25) is 5.16 Å². The van der Waals surface area contributed by atoms with Crippen molar-refractivity contribution in [2.45, 2.75) is 28.9 Å². The zero-order chi connectivity index (χ0) is 15.0. The molecule has 0 amide bonds. The molecular formula is C12H12FN5O2S. The highest BCUT2D eigenvalue weighted by atomic mass is 32.2. The monoisotopic (exact) mass is 309 g/mol. The smallest absolute Gasteiger partial charge is 0.339 e. The van der Waals surface area contributed by atoms with Gasteiger partial charge in [0, 0.05) is 5.69 Å². The first kappa shape index (κ1) is 13.8. The van der Waals surface area contributed by atoms with Crippen LogP contribution in [-0.2, 0) is 4.74 Å². The van der Waals surface area contributed by atoms with Crippen LogP contribution >= 0.6 is 11.8 Å². The molecule has 2 aromatic rings. The molecule has 21 heavy (non-hydrogen) atoms. The minimum absolute atomic E-state index is 0.0329. The van der Waals surface area contributed by atoms with Gasteiger partial charge in [-0.25, -0.2) is 13.9 Å².